The van der Waals surface area contributed by atoms with Crippen molar-refractivity contribution in [3.8, 4) is 11.5 Å². The second-order valence-corrected chi connectivity index (χ2v) is 6.86. The minimum Gasteiger partial charge on any atom is -0.493 e. The minimum atomic E-state index is 0.321. The summed E-state index contributed by atoms with van der Waals surface area (Å²) in [5.74, 6) is 2.67. The van der Waals surface area contributed by atoms with Gasteiger partial charge in [0.2, 0.25) is 0 Å². The third kappa shape index (κ3) is 1.76. The van der Waals surface area contributed by atoms with Gasteiger partial charge in [0.25, 0.3) is 0 Å². The van der Waals surface area contributed by atoms with Crippen molar-refractivity contribution in [3.05, 3.63) is 23.3 Å². The molecule has 0 radical (unpaired) electrons. The van der Waals surface area contributed by atoms with Gasteiger partial charge in [0.1, 0.15) is 0 Å². The van der Waals surface area contributed by atoms with E-state index in [1.54, 1.807) is 14.2 Å². The van der Waals surface area contributed by atoms with E-state index < -0.39 is 0 Å². The monoisotopic (exact) mass is 287 g/mol. The number of hydrogen-bond donors (Lipinski definition) is 1. The standard InChI is InChI=1S/C18H25NO2/c1-20-15-7-6-12-11-14-13-5-3-4-8-18(13,9-10-19-14)16(12)17(15)21-2/h6-7,13-14,19H,3-5,8-11H2,1-2H3/t13-,14+,18+/m0/s1. The number of rotatable bonds is 2. The Morgan fingerprint density at radius 2 is 2.05 bits per heavy atom. The highest BCUT2D eigenvalue weighted by molar-refractivity contribution is 5.57. The van der Waals surface area contributed by atoms with Gasteiger partial charge in [-0.1, -0.05) is 18.9 Å². The Labute approximate surface area is 127 Å². The van der Waals surface area contributed by atoms with Gasteiger partial charge in [0, 0.05) is 17.0 Å². The maximum absolute atomic E-state index is 5.82. The highest BCUT2D eigenvalue weighted by Crippen LogP contribution is 2.57. The normalized spacial score (nSPS) is 33.8. The van der Waals surface area contributed by atoms with Crippen molar-refractivity contribution in [1.29, 1.82) is 0 Å². The first-order chi connectivity index (χ1) is 10.3. The van der Waals surface area contributed by atoms with Crippen LogP contribution in [-0.4, -0.2) is 26.8 Å². The number of fused-ring (bicyclic) bond motifs is 1. The fraction of sp³-hybridized carbons (Fsp3) is 0.667. The van der Waals surface area contributed by atoms with Crippen molar-refractivity contribution in [3.63, 3.8) is 0 Å². The van der Waals surface area contributed by atoms with Gasteiger partial charge < -0.3 is 14.8 Å². The maximum Gasteiger partial charge on any atom is 0.164 e. The van der Waals surface area contributed by atoms with Crippen LogP contribution in [0.25, 0.3) is 0 Å². The summed E-state index contributed by atoms with van der Waals surface area (Å²) in [6.45, 7) is 1.14. The molecule has 3 aliphatic rings. The number of nitrogens with one attached hydrogen (secondary N) is 1. The molecule has 1 aliphatic heterocycles. The van der Waals surface area contributed by atoms with E-state index in [-0.39, 0.29) is 0 Å². The smallest absolute Gasteiger partial charge is 0.164 e. The van der Waals surface area contributed by atoms with Crippen LogP contribution in [0.5, 0.6) is 11.5 Å². The second-order valence-electron chi connectivity index (χ2n) is 6.86. The van der Waals surface area contributed by atoms with Gasteiger partial charge in [0.15, 0.2) is 11.5 Å². The van der Waals surface area contributed by atoms with Crippen LogP contribution in [0.15, 0.2) is 12.1 Å². The van der Waals surface area contributed by atoms with Crippen LogP contribution in [0.4, 0.5) is 0 Å². The lowest BCUT2D eigenvalue weighted by atomic mass is 9.52. The molecule has 4 rings (SSSR count). The van der Waals surface area contributed by atoms with Crippen molar-refractivity contribution in [1.82, 2.24) is 5.32 Å². The zero-order valence-electron chi connectivity index (χ0n) is 13.1. The lowest BCUT2D eigenvalue weighted by Crippen LogP contribution is -2.59. The van der Waals surface area contributed by atoms with Crippen molar-refractivity contribution >= 4 is 0 Å². The van der Waals surface area contributed by atoms with Crippen LogP contribution in [0.1, 0.15) is 43.2 Å². The minimum absolute atomic E-state index is 0.321. The molecule has 1 N–H and O–H groups in total. The van der Waals surface area contributed by atoms with Crippen LogP contribution >= 0.6 is 0 Å². The number of benzene rings is 1. The van der Waals surface area contributed by atoms with Crippen molar-refractivity contribution in [2.45, 2.75) is 50.0 Å². The number of piperidine rings is 1. The zero-order chi connectivity index (χ0) is 14.4. The van der Waals surface area contributed by atoms with E-state index in [2.05, 4.69) is 17.4 Å². The van der Waals surface area contributed by atoms with E-state index in [1.807, 2.05) is 0 Å². The van der Waals surface area contributed by atoms with Crippen LogP contribution in [-0.2, 0) is 11.8 Å². The largest absolute Gasteiger partial charge is 0.493 e. The van der Waals surface area contributed by atoms with Gasteiger partial charge in [-0.05, 0) is 49.8 Å². The molecule has 0 aromatic heterocycles. The van der Waals surface area contributed by atoms with Gasteiger partial charge in [-0.25, -0.2) is 0 Å². The SMILES string of the molecule is COc1ccc2c(c1OC)[C@@]13CCCC[C@H]1[C@@H](C2)NCC3. The summed E-state index contributed by atoms with van der Waals surface area (Å²) in [5, 5.41) is 3.78. The summed E-state index contributed by atoms with van der Waals surface area (Å²) in [5.41, 5.74) is 3.27. The Kier molecular flexibility index (Phi) is 3.14. The van der Waals surface area contributed by atoms with E-state index >= 15 is 0 Å². The molecule has 0 spiro atoms. The predicted octanol–water partition coefficient (Wildman–Crippen LogP) is 3.05. The Bertz CT molecular complexity index is 552. The molecule has 21 heavy (non-hydrogen) atoms. The third-order valence-corrected chi connectivity index (χ3v) is 6.13. The van der Waals surface area contributed by atoms with Gasteiger partial charge in [-0.2, -0.15) is 0 Å². The number of hydrogen-bond acceptors (Lipinski definition) is 3. The van der Waals surface area contributed by atoms with Crippen LogP contribution in [0.2, 0.25) is 0 Å². The maximum atomic E-state index is 5.82. The molecule has 3 atom stereocenters. The topological polar surface area (TPSA) is 30.5 Å². The summed E-state index contributed by atoms with van der Waals surface area (Å²) in [6.07, 6.45) is 7.78. The Hall–Kier alpha value is -1.22. The molecule has 1 aromatic rings. The van der Waals surface area contributed by atoms with Crippen LogP contribution in [0.3, 0.4) is 0 Å². The molecule has 0 amide bonds. The van der Waals surface area contributed by atoms with Gasteiger partial charge in [-0.3, -0.25) is 0 Å². The molecule has 1 saturated carbocycles. The van der Waals surface area contributed by atoms with Crippen molar-refractivity contribution in [2.24, 2.45) is 5.92 Å². The van der Waals surface area contributed by atoms with Crippen LogP contribution < -0.4 is 14.8 Å². The molecule has 3 nitrogen and oxygen atoms in total. The summed E-state index contributed by atoms with van der Waals surface area (Å²) in [7, 11) is 3.54. The van der Waals surface area contributed by atoms with Crippen molar-refractivity contribution in [2.75, 3.05) is 20.8 Å². The quantitative estimate of drug-likeness (QED) is 0.907. The Morgan fingerprint density at radius 1 is 1.14 bits per heavy atom. The second kappa shape index (κ2) is 4.91. The molecular formula is C18H25NO2. The van der Waals surface area contributed by atoms with E-state index in [4.69, 9.17) is 9.47 Å². The molecule has 1 saturated heterocycles. The molecular weight excluding hydrogens is 262 g/mol. The van der Waals surface area contributed by atoms with E-state index in [0.29, 0.717) is 11.5 Å². The summed E-state index contributed by atoms with van der Waals surface area (Å²) in [4.78, 5) is 0. The average Bonchev–Trinajstić information content (AvgIpc) is 2.53. The molecule has 114 valence electrons. The fourth-order valence-corrected chi connectivity index (χ4v) is 5.36. The Morgan fingerprint density at radius 3 is 2.86 bits per heavy atom. The van der Waals surface area contributed by atoms with Gasteiger partial charge in [-0.15, -0.1) is 0 Å². The Balaban J connectivity index is 1.95. The molecule has 3 heteroatoms. The first-order valence-electron chi connectivity index (χ1n) is 8.28. The van der Waals surface area contributed by atoms with E-state index in [9.17, 15) is 0 Å². The summed E-state index contributed by atoms with van der Waals surface area (Å²) >= 11 is 0. The zero-order valence-corrected chi connectivity index (χ0v) is 13.1. The molecule has 0 unspecified atom stereocenters. The predicted molar refractivity (Wildman–Crippen MR) is 83.3 cm³/mol. The first kappa shape index (κ1) is 13.4. The summed E-state index contributed by atoms with van der Waals surface area (Å²) in [6, 6.07) is 5.00. The van der Waals surface area contributed by atoms with Gasteiger partial charge in [0.05, 0.1) is 14.2 Å². The van der Waals surface area contributed by atoms with Crippen LogP contribution in [0, 0.1) is 5.92 Å². The first-order valence-corrected chi connectivity index (χ1v) is 8.28. The molecule has 1 heterocycles. The molecule has 2 aliphatic carbocycles. The highest BCUT2D eigenvalue weighted by atomic mass is 16.5. The number of methoxy groups -OCH3 is 2. The fourth-order valence-electron chi connectivity index (χ4n) is 5.36. The van der Waals surface area contributed by atoms with E-state index in [0.717, 1.165) is 30.4 Å². The molecule has 1 aromatic carbocycles. The third-order valence-electron chi connectivity index (χ3n) is 6.13. The lowest BCUT2D eigenvalue weighted by Gasteiger charge is -2.56. The number of ether oxygens (including phenoxy) is 2. The molecule has 2 fully saturated rings. The molecule has 2 bridgehead atoms. The highest BCUT2D eigenvalue weighted by Gasteiger charge is 2.53. The summed E-state index contributed by atoms with van der Waals surface area (Å²) < 4.78 is 11.4. The van der Waals surface area contributed by atoms with Gasteiger partial charge >= 0.3 is 0 Å². The lowest BCUT2D eigenvalue weighted by molar-refractivity contribution is 0.0767. The van der Waals surface area contributed by atoms with E-state index in [1.165, 1.54) is 43.2 Å². The van der Waals surface area contributed by atoms with Crippen molar-refractivity contribution < 1.29 is 9.47 Å². The average molecular weight is 287 g/mol.